The lowest BCUT2D eigenvalue weighted by Crippen LogP contribution is -2.22. The summed E-state index contributed by atoms with van der Waals surface area (Å²) in [5.74, 6) is 0.856. The Balaban J connectivity index is 1.60. The van der Waals surface area contributed by atoms with Crippen molar-refractivity contribution in [3.8, 4) is 5.75 Å². The van der Waals surface area contributed by atoms with Crippen LogP contribution in [0.25, 0.3) is 0 Å². The van der Waals surface area contributed by atoms with E-state index in [1.54, 1.807) is 13.2 Å². The highest BCUT2D eigenvalue weighted by atomic mass is 32.2. The number of nitrogens with one attached hydrogen (secondary N) is 2. The van der Waals surface area contributed by atoms with E-state index >= 15 is 0 Å². The lowest BCUT2D eigenvalue weighted by molar-refractivity contribution is 0.102. The summed E-state index contributed by atoms with van der Waals surface area (Å²) in [4.78, 5) is 12.6. The Kier molecular flexibility index (Phi) is 6.53. The first-order valence-corrected chi connectivity index (χ1v) is 10.7. The van der Waals surface area contributed by atoms with E-state index in [9.17, 15) is 13.2 Å². The van der Waals surface area contributed by atoms with Crippen molar-refractivity contribution in [1.29, 1.82) is 0 Å². The van der Waals surface area contributed by atoms with Crippen LogP contribution >= 0.6 is 0 Å². The fourth-order valence-electron chi connectivity index (χ4n) is 2.84. The highest BCUT2D eigenvalue weighted by Gasteiger charge is 2.17. The molecule has 0 spiro atoms. The number of aromatic amines is 1. The molecule has 8 nitrogen and oxygen atoms in total. The summed E-state index contributed by atoms with van der Waals surface area (Å²) in [5, 5.41) is 9.76. The quantitative estimate of drug-likeness (QED) is 0.574. The number of anilines is 1. The van der Waals surface area contributed by atoms with Crippen molar-refractivity contribution >= 4 is 21.7 Å². The summed E-state index contributed by atoms with van der Waals surface area (Å²) in [7, 11) is 1.02. The average Bonchev–Trinajstić information content (AvgIpc) is 3.19. The number of benzene rings is 2. The molecule has 0 bridgehead atoms. The third kappa shape index (κ3) is 5.05. The molecular weight excluding hydrogens is 404 g/mol. The topological polar surface area (TPSA) is 104 Å². The number of nitrogens with zero attached hydrogens (tertiary/aromatic N) is 2. The molecule has 0 radical (unpaired) electrons. The van der Waals surface area contributed by atoms with Gasteiger partial charge in [-0.25, -0.2) is 12.7 Å². The summed E-state index contributed by atoms with van der Waals surface area (Å²) in [6.45, 7) is 0. The number of hydrogen-bond acceptors (Lipinski definition) is 5. The van der Waals surface area contributed by atoms with Gasteiger partial charge in [0, 0.05) is 31.4 Å². The molecule has 3 rings (SSSR count). The molecule has 158 valence electrons. The van der Waals surface area contributed by atoms with Crippen LogP contribution in [0.5, 0.6) is 5.75 Å². The molecule has 9 heteroatoms. The first-order valence-electron chi connectivity index (χ1n) is 9.31. The molecule has 3 aromatic rings. The Morgan fingerprint density at radius 1 is 1.10 bits per heavy atom. The molecule has 0 atom stereocenters. The maximum Gasteiger partial charge on any atom is 0.256 e. The van der Waals surface area contributed by atoms with Crippen molar-refractivity contribution in [2.45, 2.75) is 17.7 Å². The molecule has 0 aliphatic heterocycles. The third-order valence-electron chi connectivity index (χ3n) is 4.58. The van der Waals surface area contributed by atoms with E-state index in [0.717, 1.165) is 34.2 Å². The molecule has 1 aromatic heterocycles. The highest BCUT2D eigenvalue weighted by molar-refractivity contribution is 7.89. The number of carbonyl (C=O) groups excluding carboxylic acids is 1. The van der Waals surface area contributed by atoms with Gasteiger partial charge in [0.05, 0.1) is 12.0 Å². The van der Waals surface area contributed by atoms with Crippen molar-refractivity contribution in [2.24, 2.45) is 0 Å². The molecule has 0 fully saturated rings. The minimum atomic E-state index is -3.53. The fraction of sp³-hybridized carbons (Fsp3) is 0.238. The fourth-order valence-corrected chi connectivity index (χ4v) is 3.74. The molecular formula is C21H24N4O4S. The van der Waals surface area contributed by atoms with Crippen LogP contribution in [0.2, 0.25) is 0 Å². The van der Waals surface area contributed by atoms with E-state index in [4.69, 9.17) is 4.74 Å². The molecule has 0 aliphatic rings. The normalized spacial score (nSPS) is 11.5. The Morgan fingerprint density at radius 2 is 1.83 bits per heavy atom. The van der Waals surface area contributed by atoms with Gasteiger partial charge in [-0.2, -0.15) is 5.10 Å². The zero-order chi connectivity index (χ0) is 21.7. The monoisotopic (exact) mass is 428 g/mol. The van der Waals surface area contributed by atoms with Crippen LogP contribution in [0.4, 0.5) is 5.82 Å². The molecule has 2 aromatic carbocycles. The second-order valence-corrected chi connectivity index (χ2v) is 9.05. The summed E-state index contributed by atoms with van der Waals surface area (Å²) < 4.78 is 30.6. The first kappa shape index (κ1) is 21.5. The minimum absolute atomic E-state index is 0.128. The van der Waals surface area contributed by atoms with Gasteiger partial charge in [-0.1, -0.05) is 12.1 Å². The van der Waals surface area contributed by atoms with Gasteiger partial charge in [-0.15, -0.1) is 0 Å². The number of aryl methyl sites for hydroxylation is 2. The predicted octanol–water partition coefficient (Wildman–Crippen LogP) is 2.71. The van der Waals surface area contributed by atoms with Crippen molar-refractivity contribution in [3.63, 3.8) is 0 Å². The number of amides is 1. The van der Waals surface area contributed by atoms with Gasteiger partial charge in [0.25, 0.3) is 5.91 Å². The van der Waals surface area contributed by atoms with E-state index in [2.05, 4.69) is 15.5 Å². The van der Waals surface area contributed by atoms with Crippen LogP contribution in [0.3, 0.4) is 0 Å². The zero-order valence-electron chi connectivity index (χ0n) is 17.0. The van der Waals surface area contributed by atoms with E-state index in [1.807, 2.05) is 24.3 Å². The molecule has 0 aliphatic carbocycles. The van der Waals surface area contributed by atoms with Gasteiger partial charge >= 0.3 is 0 Å². The van der Waals surface area contributed by atoms with E-state index in [-0.39, 0.29) is 10.8 Å². The van der Waals surface area contributed by atoms with E-state index in [0.29, 0.717) is 11.4 Å². The first-order chi connectivity index (χ1) is 14.3. The Bertz CT molecular complexity index is 1120. The Morgan fingerprint density at radius 3 is 2.50 bits per heavy atom. The minimum Gasteiger partial charge on any atom is -0.497 e. The van der Waals surface area contributed by atoms with Gasteiger partial charge in [-0.3, -0.25) is 9.89 Å². The van der Waals surface area contributed by atoms with Crippen molar-refractivity contribution in [2.75, 3.05) is 26.5 Å². The maximum absolute atomic E-state index is 12.4. The largest absolute Gasteiger partial charge is 0.497 e. The molecule has 0 saturated carbocycles. The SMILES string of the molecule is COc1cccc(CCc2cc(NC(=O)c3ccc(S(=O)(=O)N(C)C)cc3)n[nH]2)c1. The molecule has 2 N–H and O–H groups in total. The van der Waals surface area contributed by atoms with Gasteiger partial charge in [0.2, 0.25) is 10.0 Å². The van der Waals surface area contributed by atoms with Crippen molar-refractivity contribution < 1.29 is 17.9 Å². The number of rotatable bonds is 8. The lowest BCUT2D eigenvalue weighted by atomic mass is 10.1. The van der Waals surface area contributed by atoms with Gasteiger partial charge in [0.15, 0.2) is 5.82 Å². The third-order valence-corrected chi connectivity index (χ3v) is 6.41. The smallest absolute Gasteiger partial charge is 0.256 e. The Labute approximate surface area is 175 Å². The van der Waals surface area contributed by atoms with Crippen LogP contribution in [-0.2, 0) is 22.9 Å². The summed E-state index contributed by atoms with van der Waals surface area (Å²) in [5.41, 5.74) is 2.37. The number of methoxy groups -OCH3 is 1. The van der Waals surface area contributed by atoms with Crippen LogP contribution in [0, 0.1) is 0 Å². The van der Waals surface area contributed by atoms with Crippen LogP contribution in [0.15, 0.2) is 59.5 Å². The number of carbonyl (C=O) groups is 1. The van der Waals surface area contributed by atoms with E-state index < -0.39 is 10.0 Å². The molecule has 0 unspecified atom stereocenters. The number of H-pyrrole nitrogens is 1. The molecule has 1 heterocycles. The van der Waals surface area contributed by atoms with Crippen molar-refractivity contribution in [1.82, 2.24) is 14.5 Å². The van der Waals surface area contributed by atoms with E-state index in [1.165, 1.54) is 38.4 Å². The average molecular weight is 429 g/mol. The maximum atomic E-state index is 12.4. The second-order valence-electron chi connectivity index (χ2n) is 6.90. The number of ether oxygens (including phenoxy) is 1. The predicted molar refractivity (Wildman–Crippen MR) is 114 cm³/mol. The number of hydrogen-bond donors (Lipinski definition) is 2. The number of aromatic nitrogens is 2. The molecule has 30 heavy (non-hydrogen) atoms. The van der Waals surface area contributed by atoms with Gasteiger partial charge in [0.1, 0.15) is 5.75 Å². The Hall–Kier alpha value is -3.17. The summed E-state index contributed by atoms with van der Waals surface area (Å²) in [6, 6.07) is 15.4. The lowest BCUT2D eigenvalue weighted by Gasteiger charge is -2.11. The zero-order valence-corrected chi connectivity index (χ0v) is 17.9. The van der Waals surface area contributed by atoms with Gasteiger partial charge < -0.3 is 10.1 Å². The molecule has 0 saturated heterocycles. The second kappa shape index (κ2) is 9.10. The van der Waals surface area contributed by atoms with Gasteiger partial charge in [-0.05, 0) is 54.8 Å². The van der Waals surface area contributed by atoms with Crippen LogP contribution in [0.1, 0.15) is 21.6 Å². The van der Waals surface area contributed by atoms with Crippen molar-refractivity contribution in [3.05, 3.63) is 71.4 Å². The standard InChI is InChI=1S/C21H24N4O4S/c1-25(2)30(27,28)19-11-8-16(9-12-19)21(26)22-20-14-17(23-24-20)10-7-15-5-4-6-18(13-15)29-3/h4-6,8-9,11-14H,7,10H2,1-3H3,(H2,22,23,24,26). The summed E-state index contributed by atoms with van der Waals surface area (Å²) >= 11 is 0. The summed E-state index contributed by atoms with van der Waals surface area (Å²) in [6.07, 6.45) is 1.53. The highest BCUT2D eigenvalue weighted by Crippen LogP contribution is 2.17. The molecule has 1 amide bonds. The van der Waals surface area contributed by atoms with Crippen LogP contribution in [-0.4, -0.2) is 50.0 Å². The van der Waals surface area contributed by atoms with Crippen LogP contribution < -0.4 is 10.1 Å². The number of sulfonamides is 1.